The lowest BCUT2D eigenvalue weighted by molar-refractivity contribution is 0.282. The molecular formula is C14H24N2O. The van der Waals surface area contributed by atoms with Gasteiger partial charge in [-0.25, -0.2) is 0 Å². The van der Waals surface area contributed by atoms with E-state index in [0.29, 0.717) is 11.3 Å². The van der Waals surface area contributed by atoms with Crippen LogP contribution in [0.3, 0.4) is 0 Å². The summed E-state index contributed by atoms with van der Waals surface area (Å²) in [6.07, 6.45) is 3.35. The molecule has 1 N–H and O–H groups in total. The lowest BCUT2D eigenvalue weighted by Gasteiger charge is -2.28. The number of nitrogens with one attached hydrogen (secondary N) is 1. The van der Waals surface area contributed by atoms with Crippen LogP contribution in [0.15, 0.2) is 4.52 Å². The Labute approximate surface area is 104 Å². The highest BCUT2D eigenvalue weighted by Gasteiger charge is 2.30. The van der Waals surface area contributed by atoms with E-state index in [1.54, 1.807) is 0 Å². The molecule has 0 unspecified atom stereocenters. The summed E-state index contributed by atoms with van der Waals surface area (Å²) in [7, 11) is 0. The SMILES string of the molecule is CC(C)CNCc1noc2c1CC(C)(C)CC2. The van der Waals surface area contributed by atoms with Crippen LogP contribution in [0, 0.1) is 11.3 Å². The van der Waals surface area contributed by atoms with Gasteiger partial charge in [-0.3, -0.25) is 0 Å². The van der Waals surface area contributed by atoms with Gasteiger partial charge in [0.05, 0.1) is 0 Å². The van der Waals surface area contributed by atoms with Gasteiger partial charge in [-0.05, 0) is 30.7 Å². The normalized spacial score (nSPS) is 18.4. The summed E-state index contributed by atoms with van der Waals surface area (Å²) in [5.74, 6) is 1.79. The summed E-state index contributed by atoms with van der Waals surface area (Å²) in [4.78, 5) is 0. The molecule has 0 radical (unpaired) electrons. The molecule has 1 aliphatic rings. The molecule has 0 amide bonds. The topological polar surface area (TPSA) is 38.1 Å². The summed E-state index contributed by atoms with van der Waals surface area (Å²) < 4.78 is 5.45. The zero-order valence-electron chi connectivity index (χ0n) is 11.5. The molecule has 0 atom stereocenters. The van der Waals surface area contributed by atoms with Crippen molar-refractivity contribution in [2.45, 2.75) is 53.5 Å². The number of hydrogen-bond acceptors (Lipinski definition) is 3. The fourth-order valence-corrected chi connectivity index (χ4v) is 2.42. The van der Waals surface area contributed by atoms with E-state index in [1.807, 2.05) is 0 Å². The van der Waals surface area contributed by atoms with Crippen molar-refractivity contribution in [2.24, 2.45) is 11.3 Å². The zero-order chi connectivity index (χ0) is 12.5. The molecule has 1 heterocycles. The van der Waals surface area contributed by atoms with Crippen LogP contribution in [-0.2, 0) is 19.4 Å². The van der Waals surface area contributed by atoms with Crippen LogP contribution in [0.4, 0.5) is 0 Å². The van der Waals surface area contributed by atoms with Crippen LogP contribution < -0.4 is 5.32 Å². The van der Waals surface area contributed by atoms with Gasteiger partial charge in [-0.1, -0.05) is 32.9 Å². The first-order valence-corrected chi connectivity index (χ1v) is 6.65. The monoisotopic (exact) mass is 236 g/mol. The Morgan fingerprint density at radius 1 is 1.41 bits per heavy atom. The first-order valence-electron chi connectivity index (χ1n) is 6.65. The molecule has 1 aromatic heterocycles. The van der Waals surface area contributed by atoms with E-state index in [4.69, 9.17) is 4.52 Å². The Kier molecular flexibility index (Phi) is 3.57. The molecule has 3 nitrogen and oxygen atoms in total. The van der Waals surface area contributed by atoms with E-state index >= 15 is 0 Å². The van der Waals surface area contributed by atoms with Crippen LogP contribution in [0.2, 0.25) is 0 Å². The summed E-state index contributed by atoms with van der Waals surface area (Å²) in [5.41, 5.74) is 2.87. The first kappa shape index (κ1) is 12.6. The van der Waals surface area contributed by atoms with Crippen LogP contribution in [0.25, 0.3) is 0 Å². The average Bonchev–Trinajstić information content (AvgIpc) is 2.59. The Morgan fingerprint density at radius 2 is 2.18 bits per heavy atom. The van der Waals surface area contributed by atoms with Crippen LogP contribution in [0.5, 0.6) is 0 Å². The third-order valence-corrected chi connectivity index (χ3v) is 3.48. The van der Waals surface area contributed by atoms with Crippen molar-refractivity contribution < 1.29 is 4.52 Å². The average molecular weight is 236 g/mol. The molecule has 0 aromatic carbocycles. The summed E-state index contributed by atoms with van der Waals surface area (Å²) in [6.45, 7) is 11.0. The molecule has 0 aliphatic heterocycles. The third-order valence-electron chi connectivity index (χ3n) is 3.48. The predicted octanol–water partition coefficient (Wildman–Crippen LogP) is 2.94. The maximum Gasteiger partial charge on any atom is 0.140 e. The number of aryl methyl sites for hydroxylation is 1. The largest absolute Gasteiger partial charge is 0.361 e. The van der Waals surface area contributed by atoms with Gasteiger partial charge in [0.2, 0.25) is 0 Å². The predicted molar refractivity (Wildman–Crippen MR) is 68.9 cm³/mol. The van der Waals surface area contributed by atoms with Crippen molar-refractivity contribution in [3.05, 3.63) is 17.0 Å². The van der Waals surface area contributed by atoms with Crippen LogP contribution in [0.1, 0.15) is 51.1 Å². The van der Waals surface area contributed by atoms with Crippen molar-refractivity contribution in [3.63, 3.8) is 0 Å². The van der Waals surface area contributed by atoms with Gasteiger partial charge in [0, 0.05) is 18.5 Å². The molecule has 2 rings (SSSR count). The summed E-state index contributed by atoms with van der Waals surface area (Å²) in [5, 5.41) is 7.66. The first-order chi connectivity index (χ1) is 7.98. The minimum atomic E-state index is 0.394. The molecular weight excluding hydrogens is 212 g/mol. The van der Waals surface area contributed by atoms with Crippen molar-refractivity contribution in [1.29, 1.82) is 0 Å². The highest BCUT2D eigenvalue weighted by molar-refractivity contribution is 5.27. The van der Waals surface area contributed by atoms with Gasteiger partial charge < -0.3 is 9.84 Å². The van der Waals surface area contributed by atoms with Crippen molar-refractivity contribution in [1.82, 2.24) is 10.5 Å². The minimum absolute atomic E-state index is 0.394. The van der Waals surface area contributed by atoms with Crippen molar-refractivity contribution in [3.8, 4) is 0 Å². The second-order valence-electron chi connectivity index (χ2n) is 6.40. The van der Waals surface area contributed by atoms with E-state index in [-0.39, 0.29) is 0 Å². The molecule has 1 aromatic rings. The molecule has 0 bridgehead atoms. The van der Waals surface area contributed by atoms with Gasteiger partial charge in [0.1, 0.15) is 11.5 Å². The highest BCUT2D eigenvalue weighted by atomic mass is 16.5. The number of fused-ring (bicyclic) bond motifs is 1. The van der Waals surface area contributed by atoms with Crippen molar-refractivity contribution >= 4 is 0 Å². The molecule has 0 fully saturated rings. The van der Waals surface area contributed by atoms with Crippen molar-refractivity contribution in [2.75, 3.05) is 6.54 Å². The maximum absolute atomic E-state index is 5.45. The second-order valence-corrected chi connectivity index (χ2v) is 6.40. The maximum atomic E-state index is 5.45. The zero-order valence-corrected chi connectivity index (χ0v) is 11.5. The Morgan fingerprint density at radius 3 is 2.88 bits per heavy atom. The Hall–Kier alpha value is -0.830. The number of nitrogens with zero attached hydrogens (tertiary/aromatic N) is 1. The van der Waals surface area contributed by atoms with Crippen LogP contribution in [-0.4, -0.2) is 11.7 Å². The summed E-state index contributed by atoms with van der Waals surface area (Å²) in [6, 6.07) is 0. The molecule has 96 valence electrons. The van der Waals surface area contributed by atoms with Gasteiger partial charge in [-0.2, -0.15) is 0 Å². The van der Waals surface area contributed by atoms with E-state index < -0.39 is 0 Å². The molecule has 17 heavy (non-hydrogen) atoms. The number of rotatable bonds is 4. The summed E-state index contributed by atoms with van der Waals surface area (Å²) >= 11 is 0. The standard InChI is InChI=1S/C14H24N2O/c1-10(2)8-15-9-12-11-7-14(3,4)6-5-13(11)17-16-12/h10,15H,5-9H2,1-4H3. The van der Waals surface area contributed by atoms with Gasteiger partial charge in [0.25, 0.3) is 0 Å². The van der Waals surface area contributed by atoms with E-state index in [2.05, 4.69) is 38.2 Å². The number of aromatic nitrogens is 1. The fourth-order valence-electron chi connectivity index (χ4n) is 2.42. The lowest BCUT2D eigenvalue weighted by atomic mass is 9.76. The van der Waals surface area contributed by atoms with Gasteiger partial charge in [0.15, 0.2) is 0 Å². The molecule has 0 saturated carbocycles. The quantitative estimate of drug-likeness (QED) is 0.873. The molecule has 0 spiro atoms. The fraction of sp³-hybridized carbons (Fsp3) is 0.786. The minimum Gasteiger partial charge on any atom is -0.361 e. The van der Waals surface area contributed by atoms with E-state index in [9.17, 15) is 0 Å². The number of hydrogen-bond donors (Lipinski definition) is 1. The van der Waals surface area contributed by atoms with Crippen LogP contribution >= 0.6 is 0 Å². The molecule has 1 aliphatic carbocycles. The van der Waals surface area contributed by atoms with Gasteiger partial charge in [-0.15, -0.1) is 0 Å². The Balaban J connectivity index is 2.02. The van der Waals surface area contributed by atoms with E-state index in [1.165, 1.54) is 12.0 Å². The van der Waals surface area contributed by atoms with E-state index in [0.717, 1.165) is 37.4 Å². The smallest absolute Gasteiger partial charge is 0.140 e. The lowest BCUT2D eigenvalue weighted by Crippen LogP contribution is -2.24. The third kappa shape index (κ3) is 3.09. The van der Waals surface area contributed by atoms with Gasteiger partial charge >= 0.3 is 0 Å². The highest BCUT2D eigenvalue weighted by Crippen LogP contribution is 2.36. The molecule has 0 saturated heterocycles. The second kappa shape index (κ2) is 4.81. The molecule has 3 heteroatoms. The Bertz CT molecular complexity index is 380.